The molecule has 96 valence electrons. The van der Waals surface area contributed by atoms with Crippen LogP contribution in [0.4, 0.5) is 0 Å². The normalized spacial score (nSPS) is 16.5. The van der Waals surface area contributed by atoms with Crippen molar-refractivity contribution in [2.75, 3.05) is 6.54 Å². The van der Waals surface area contributed by atoms with Gasteiger partial charge in [-0.15, -0.1) is 0 Å². The molecule has 1 aliphatic heterocycles. The summed E-state index contributed by atoms with van der Waals surface area (Å²) < 4.78 is 0. The second-order valence-electron chi connectivity index (χ2n) is 3.35. The van der Waals surface area contributed by atoms with Gasteiger partial charge in [0.05, 0.1) is 6.04 Å². The van der Waals surface area contributed by atoms with Crippen molar-refractivity contribution in [3.05, 3.63) is 35.4 Å². The molecule has 0 N–H and O–H groups in total. The molecule has 2 rings (SSSR count). The summed E-state index contributed by atoms with van der Waals surface area (Å²) in [7, 11) is 0. The van der Waals surface area contributed by atoms with E-state index in [0.717, 1.165) is 17.7 Å². The Labute approximate surface area is 106 Å². The van der Waals surface area contributed by atoms with Crippen molar-refractivity contribution in [1.82, 2.24) is 4.90 Å². The van der Waals surface area contributed by atoms with Gasteiger partial charge in [-0.05, 0) is 25.5 Å². The lowest BCUT2D eigenvalue weighted by molar-refractivity contribution is 0.0748. The van der Waals surface area contributed by atoms with Gasteiger partial charge >= 0.3 is 0 Å². The molecule has 0 spiro atoms. The first-order valence-electron chi connectivity index (χ1n) is 6.65. The average Bonchev–Trinajstić information content (AvgIpc) is 2.67. The molecular weight excluding hydrogens is 210 g/mol. The van der Waals surface area contributed by atoms with Crippen molar-refractivity contribution in [3.8, 4) is 0 Å². The van der Waals surface area contributed by atoms with Gasteiger partial charge in [0.2, 0.25) is 0 Å². The average molecular weight is 235 g/mol. The van der Waals surface area contributed by atoms with E-state index < -0.39 is 0 Å². The van der Waals surface area contributed by atoms with Gasteiger partial charge < -0.3 is 4.90 Å². The van der Waals surface area contributed by atoms with Crippen molar-refractivity contribution in [1.29, 1.82) is 0 Å². The van der Waals surface area contributed by atoms with Crippen molar-refractivity contribution >= 4 is 5.91 Å². The zero-order chi connectivity index (χ0) is 13.4. The van der Waals surface area contributed by atoms with E-state index in [9.17, 15) is 4.79 Å². The molecule has 0 bridgehead atoms. The summed E-state index contributed by atoms with van der Waals surface area (Å²) in [4.78, 5) is 13.7. The van der Waals surface area contributed by atoms with Gasteiger partial charge in [-0.1, -0.05) is 45.9 Å². The molecule has 0 aromatic heterocycles. The van der Waals surface area contributed by atoms with E-state index in [1.807, 2.05) is 63.8 Å². The molecule has 1 aliphatic rings. The number of benzene rings is 1. The van der Waals surface area contributed by atoms with E-state index >= 15 is 0 Å². The molecule has 0 aliphatic carbocycles. The van der Waals surface area contributed by atoms with Crippen LogP contribution in [0.2, 0.25) is 0 Å². The van der Waals surface area contributed by atoms with Gasteiger partial charge in [-0.25, -0.2) is 0 Å². The lowest BCUT2D eigenvalue weighted by Crippen LogP contribution is -2.25. The number of carbonyl (C=O) groups is 1. The van der Waals surface area contributed by atoms with Crippen molar-refractivity contribution in [3.63, 3.8) is 0 Å². The van der Waals surface area contributed by atoms with Crippen LogP contribution in [0.3, 0.4) is 0 Å². The third kappa shape index (κ3) is 3.09. The highest BCUT2D eigenvalue weighted by Gasteiger charge is 2.31. The van der Waals surface area contributed by atoms with Crippen LogP contribution in [0.25, 0.3) is 0 Å². The van der Waals surface area contributed by atoms with E-state index in [-0.39, 0.29) is 11.9 Å². The Morgan fingerprint density at radius 3 is 2.12 bits per heavy atom. The Bertz CT molecular complexity index is 347. The molecular formula is C15H25NO. The summed E-state index contributed by atoms with van der Waals surface area (Å²) in [6.45, 7) is 12.9. The zero-order valence-electron chi connectivity index (χ0n) is 11.9. The van der Waals surface area contributed by atoms with Crippen molar-refractivity contribution in [2.45, 2.75) is 47.6 Å². The lowest BCUT2D eigenvalue weighted by atomic mass is 10.1. The number of hydrogen-bond donors (Lipinski definition) is 0. The van der Waals surface area contributed by atoms with Crippen LogP contribution in [0.15, 0.2) is 24.3 Å². The fraction of sp³-hybridized carbons (Fsp3) is 0.533. The molecule has 0 saturated carbocycles. The standard InChI is InChI=1S/C11H13NO.2C2H6/c1-3-12-8(2)9-6-4-5-7-10(9)11(12)13;2*1-2/h4-8H,3H2,1-2H3;2*1-2H3. The summed E-state index contributed by atoms with van der Waals surface area (Å²) in [5.41, 5.74) is 2.03. The van der Waals surface area contributed by atoms with Crippen LogP contribution in [-0.4, -0.2) is 17.4 Å². The summed E-state index contributed by atoms with van der Waals surface area (Å²) in [6.07, 6.45) is 0. The molecule has 1 heterocycles. The molecule has 1 aromatic carbocycles. The van der Waals surface area contributed by atoms with E-state index in [2.05, 4.69) is 6.92 Å². The third-order valence-electron chi connectivity index (χ3n) is 2.71. The number of rotatable bonds is 1. The molecule has 2 nitrogen and oxygen atoms in total. The molecule has 1 amide bonds. The smallest absolute Gasteiger partial charge is 0.254 e. The number of fused-ring (bicyclic) bond motifs is 1. The van der Waals surface area contributed by atoms with Gasteiger partial charge in [0.1, 0.15) is 0 Å². The Kier molecular flexibility index (Phi) is 7.27. The second-order valence-corrected chi connectivity index (χ2v) is 3.35. The monoisotopic (exact) mass is 235 g/mol. The number of amides is 1. The SMILES string of the molecule is CC.CC.CCN1C(=O)c2ccccc2C1C. The quantitative estimate of drug-likeness (QED) is 0.711. The molecule has 0 radical (unpaired) electrons. The van der Waals surface area contributed by atoms with Gasteiger partial charge in [0.15, 0.2) is 0 Å². The topological polar surface area (TPSA) is 20.3 Å². The summed E-state index contributed by atoms with van der Waals surface area (Å²) in [6, 6.07) is 8.09. The minimum atomic E-state index is 0.172. The number of hydrogen-bond acceptors (Lipinski definition) is 1. The van der Waals surface area contributed by atoms with E-state index in [4.69, 9.17) is 0 Å². The summed E-state index contributed by atoms with van der Waals surface area (Å²) >= 11 is 0. The Balaban J connectivity index is 0.000000581. The highest BCUT2D eigenvalue weighted by molar-refractivity contribution is 5.99. The molecule has 1 atom stereocenters. The van der Waals surface area contributed by atoms with Crippen molar-refractivity contribution in [2.24, 2.45) is 0 Å². The maximum absolute atomic E-state index is 11.8. The number of nitrogens with zero attached hydrogens (tertiary/aromatic N) is 1. The molecule has 1 unspecified atom stereocenters. The van der Waals surface area contributed by atoms with Crippen LogP contribution < -0.4 is 0 Å². The van der Waals surface area contributed by atoms with E-state index in [0.29, 0.717) is 0 Å². The summed E-state index contributed by atoms with van der Waals surface area (Å²) in [5.74, 6) is 0.172. The van der Waals surface area contributed by atoms with E-state index in [1.54, 1.807) is 0 Å². The first-order valence-corrected chi connectivity index (χ1v) is 6.65. The predicted molar refractivity (Wildman–Crippen MR) is 74.3 cm³/mol. The highest BCUT2D eigenvalue weighted by atomic mass is 16.2. The molecule has 2 heteroatoms. The largest absolute Gasteiger partial charge is 0.332 e. The molecule has 1 aromatic rings. The minimum absolute atomic E-state index is 0.172. The van der Waals surface area contributed by atoms with Crippen molar-refractivity contribution < 1.29 is 4.79 Å². The first-order chi connectivity index (χ1) is 8.25. The third-order valence-corrected chi connectivity index (χ3v) is 2.71. The predicted octanol–water partition coefficient (Wildman–Crippen LogP) is 4.28. The number of carbonyl (C=O) groups excluding carboxylic acids is 1. The Hall–Kier alpha value is -1.31. The van der Waals surface area contributed by atoms with Gasteiger partial charge in [0.25, 0.3) is 5.91 Å². The zero-order valence-corrected chi connectivity index (χ0v) is 11.9. The second kappa shape index (κ2) is 7.88. The molecule has 17 heavy (non-hydrogen) atoms. The minimum Gasteiger partial charge on any atom is -0.332 e. The highest BCUT2D eigenvalue weighted by Crippen LogP contribution is 2.32. The molecule has 0 fully saturated rings. The van der Waals surface area contributed by atoms with Crippen LogP contribution >= 0.6 is 0 Å². The maximum atomic E-state index is 11.8. The Morgan fingerprint density at radius 1 is 1.12 bits per heavy atom. The van der Waals surface area contributed by atoms with Crippen LogP contribution in [0, 0.1) is 0 Å². The van der Waals surface area contributed by atoms with Gasteiger partial charge in [-0.3, -0.25) is 4.79 Å². The fourth-order valence-electron chi connectivity index (χ4n) is 1.97. The van der Waals surface area contributed by atoms with Crippen LogP contribution in [0.5, 0.6) is 0 Å². The van der Waals surface area contributed by atoms with Gasteiger partial charge in [-0.2, -0.15) is 0 Å². The van der Waals surface area contributed by atoms with E-state index in [1.165, 1.54) is 0 Å². The first kappa shape index (κ1) is 15.7. The summed E-state index contributed by atoms with van der Waals surface area (Å²) in [5, 5.41) is 0. The van der Waals surface area contributed by atoms with Crippen LogP contribution in [0.1, 0.15) is 63.5 Å². The lowest BCUT2D eigenvalue weighted by Gasteiger charge is -2.19. The fourth-order valence-corrected chi connectivity index (χ4v) is 1.97. The van der Waals surface area contributed by atoms with Gasteiger partial charge in [0, 0.05) is 12.1 Å². The Morgan fingerprint density at radius 2 is 1.65 bits per heavy atom. The maximum Gasteiger partial charge on any atom is 0.254 e. The van der Waals surface area contributed by atoms with Crippen LogP contribution in [-0.2, 0) is 0 Å². The molecule has 0 saturated heterocycles.